The highest BCUT2D eigenvalue weighted by atomic mass is 127. The van der Waals surface area contributed by atoms with E-state index in [1.807, 2.05) is 12.1 Å². The third kappa shape index (κ3) is 6.40. The van der Waals surface area contributed by atoms with Gasteiger partial charge >= 0.3 is 0 Å². The molecule has 9 heteroatoms. The van der Waals surface area contributed by atoms with Crippen LogP contribution in [0.2, 0.25) is 0 Å². The van der Waals surface area contributed by atoms with Gasteiger partial charge in [-0.3, -0.25) is 4.99 Å². The van der Waals surface area contributed by atoms with Gasteiger partial charge in [-0.1, -0.05) is 0 Å². The van der Waals surface area contributed by atoms with Crippen LogP contribution in [0.4, 0.5) is 5.69 Å². The lowest BCUT2D eigenvalue weighted by atomic mass is 10.2. The Morgan fingerprint density at radius 3 is 2.18 bits per heavy atom. The maximum atomic E-state index is 12.2. The quantitative estimate of drug-likeness (QED) is 0.362. The summed E-state index contributed by atoms with van der Waals surface area (Å²) in [6.07, 6.45) is 0. The summed E-state index contributed by atoms with van der Waals surface area (Å²) in [5, 5.41) is 3.20. The lowest BCUT2D eigenvalue weighted by molar-refractivity contribution is 0.373. The molecule has 1 saturated heterocycles. The van der Waals surface area contributed by atoms with Crippen LogP contribution in [0.25, 0.3) is 0 Å². The van der Waals surface area contributed by atoms with Gasteiger partial charge in [0.25, 0.3) is 0 Å². The van der Waals surface area contributed by atoms with Gasteiger partial charge < -0.3 is 19.9 Å². The second kappa shape index (κ2) is 10.5. The highest BCUT2D eigenvalue weighted by Crippen LogP contribution is 2.20. The number of aliphatic imine (C=N–C) groups is 1. The number of nitrogens with one attached hydrogen (secondary N) is 1. The minimum Gasteiger partial charge on any atom is -0.497 e. The van der Waals surface area contributed by atoms with Crippen LogP contribution in [-0.4, -0.2) is 76.7 Å². The topological polar surface area (TPSA) is 74.2 Å². The minimum atomic E-state index is -3.14. The van der Waals surface area contributed by atoms with Crippen LogP contribution in [0.15, 0.2) is 29.3 Å². The highest BCUT2D eigenvalue weighted by molar-refractivity contribution is 14.0. The Kier molecular flexibility index (Phi) is 9.32. The first-order valence-electron chi connectivity index (χ1n) is 9.25. The molecule has 1 aliphatic heterocycles. The number of piperazine rings is 1. The molecule has 0 spiro atoms. The average molecular weight is 524 g/mol. The second-order valence-corrected chi connectivity index (χ2v) is 10.4. The fraction of sp³-hybridized carbons (Fsp3) is 0.632. The summed E-state index contributed by atoms with van der Waals surface area (Å²) in [5.41, 5.74) is 1.18. The molecule has 1 aromatic rings. The van der Waals surface area contributed by atoms with E-state index in [2.05, 4.69) is 32.2 Å². The van der Waals surface area contributed by atoms with Crippen molar-refractivity contribution in [1.29, 1.82) is 0 Å². The predicted octanol–water partition coefficient (Wildman–Crippen LogP) is 2.22. The minimum absolute atomic E-state index is 0. The maximum Gasteiger partial charge on any atom is 0.193 e. The van der Waals surface area contributed by atoms with E-state index in [0.29, 0.717) is 6.54 Å². The monoisotopic (exact) mass is 524 g/mol. The van der Waals surface area contributed by atoms with Crippen molar-refractivity contribution in [2.75, 3.05) is 57.5 Å². The Morgan fingerprint density at radius 2 is 1.71 bits per heavy atom. The first kappa shape index (κ1) is 24.8. The van der Waals surface area contributed by atoms with Crippen molar-refractivity contribution in [2.24, 2.45) is 4.99 Å². The van der Waals surface area contributed by atoms with E-state index in [1.54, 1.807) is 34.9 Å². The predicted molar refractivity (Wildman–Crippen MR) is 127 cm³/mol. The zero-order valence-electron chi connectivity index (χ0n) is 17.4. The van der Waals surface area contributed by atoms with Gasteiger partial charge in [0.05, 0.1) is 17.6 Å². The van der Waals surface area contributed by atoms with Crippen molar-refractivity contribution in [3.8, 4) is 5.75 Å². The van der Waals surface area contributed by atoms with Gasteiger partial charge in [0.2, 0.25) is 0 Å². The van der Waals surface area contributed by atoms with Crippen molar-refractivity contribution in [2.45, 2.75) is 25.5 Å². The van der Waals surface area contributed by atoms with Crippen LogP contribution in [0, 0.1) is 0 Å². The van der Waals surface area contributed by atoms with Crippen molar-refractivity contribution < 1.29 is 13.2 Å². The van der Waals surface area contributed by atoms with Crippen LogP contribution in [0.5, 0.6) is 5.75 Å². The number of hydrogen-bond donors (Lipinski definition) is 1. The Balaban J connectivity index is 0.00000392. The van der Waals surface area contributed by atoms with E-state index in [-0.39, 0.29) is 29.7 Å². The first-order valence-corrected chi connectivity index (χ1v) is 10.9. The molecule has 1 aromatic carbocycles. The molecule has 0 saturated carbocycles. The van der Waals surface area contributed by atoms with Crippen LogP contribution in [0.3, 0.4) is 0 Å². The van der Waals surface area contributed by atoms with E-state index in [1.165, 1.54) is 5.69 Å². The fourth-order valence-electron chi connectivity index (χ4n) is 2.91. The van der Waals surface area contributed by atoms with Gasteiger partial charge in [-0.05, 0) is 45.0 Å². The van der Waals surface area contributed by atoms with Gasteiger partial charge in [0, 0.05) is 45.5 Å². The highest BCUT2D eigenvalue weighted by Gasteiger charge is 2.28. The Morgan fingerprint density at radius 1 is 1.14 bits per heavy atom. The molecular weight excluding hydrogens is 491 g/mol. The largest absolute Gasteiger partial charge is 0.497 e. The number of nitrogens with zero attached hydrogens (tertiary/aromatic N) is 3. The zero-order valence-corrected chi connectivity index (χ0v) is 20.6. The number of methoxy groups -OCH3 is 1. The Hall–Kier alpha value is -1.23. The van der Waals surface area contributed by atoms with Crippen molar-refractivity contribution in [3.63, 3.8) is 0 Å². The number of ether oxygens (including phenoxy) is 1. The van der Waals surface area contributed by atoms with Gasteiger partial charge in [-0.15, -0.1) is 24.0 Å². The molecule has 28 heavy (non-hydrogen) atoms. The van der Waals surface area contributed by atoms with E-state index >= 15 is 0 Å². The standard InChI is InChI=1S/C19H32N4O3S.HI/c1-19(2,3)27(24,25)15-10-21-18(20-4)23-13-11-22(12-14-23)16-6-8-17(26-5)9-7-16;/h6-9H,10-15H2,1-5H3,(H,20,21);1H. The molecule has 2 rings (SSSR count). The third-order valence-electron chi connectivity index (χ3n) is 4.82. The molecule has 0 atom stereocenters. The molecule has 1 heterocycles. The second-order valence-electron chi connectivity index (χ2n) is 7.58. The molecule has 1 fully saturated rings. The third-order valence-corrected chi connectivity index (χ3v) is 7.42. The molecule has 7 nitrogen and oxygen atoms in total. The van der Waals surface area contributed by atoms with Crippen molar-refractivity contribution >= 4 is 45.5 Å². The summed E-state index contributed by atoms with van der Waals surface area (Å²) in [6.45, 7) is 8.99. The molecule has 160 valence electrons. The van der Waals surface area contributed by atoms with Crippen molar-refractivity contribution in [3.05, 3.63) is 24.3 Å². The van der Waals surface area contributed by atoms with Crippen LogP contribution in [-0.2, 0) is 9.84 Å². The number of sulfone groups is 1. The van der Waals surface area contributed by atoms with E-state index in [0.717, 1.165) is 37.9 Å². The normalized spacial score (nSPS) is 15.8. The molecule has 0 unspecified atom stereocenters. The number of anilines is 1. The van der Waals surface area contributed by atoms with Gasteiger partial charge in [0.1, 0.15) is 5.75 Å². The number of rotatable bonds is 5. The molecule has 0 radical (unpaired) electrons. The average Bonchev–Trinajstić information content (AvgIpc) is 2.64. The SMILES string of the molecule is CN=C(NCCS(=O)(=O)C(C)(C)C)N1CCN(c2ccc(OC)cc2)CC1.I. The smallest absolute Gasteiger partial charge is 0.193 e. The van der Waals surface area contributed by atoms with Crippen LogP contribution >= 0.6 is 24.0 Å². The molecular formula is C19H33IN4O3S. The van der Waals surface area contributed by atoms with E-state index < -0.39 is 14.6 Å². The van der Waals surface area contributed by atoms with Crippen LogP contribution < -0.4 is 15.0 Å². The van der Waals surface area contributed by atoms with Crippen molar-refractivity contribution in [1.82, 2.24) is 10.2 Å². The zero-order chi connectivity index (χ0) is 20.1. The number of guanidine groups is 1. The van der Waals surface area contributed by atoms with Gasteiger partial charge in [-0.25, -0.2) is 8.42 Å². The molecule has 1 aliphatic rings. The van der Waals surface area contributed by atoms with Crippen LogP contribution in [0.1, 0.15) is 20.8 Å². The molecule has 0 amide bonds. The summed E-state index contributed by atoms with van der Waals surface area (Å²) in [6, 6.07) is 8.08. The number of benzene rings is 1. The van der Waals surface area contributed by atoms with Gasteiger partial charge in [-0.2, -0.15) is 0 Å². The van der Waals surface area contributed by atoms with Gasteiger partial charge in [0.15, 0.2) is 15.8 Å². The Labute approximate surface area is 186 Å². The van der Waals surface area contributed by atoms with E-state index in [4.69, 9.17) is 4.74 Å². The lowest BCUT2D eigenvalue weighted by Crippen LogP contribution is -2.53. The summed E-state index contributed by atoms with van der Waals surface area (Å²) in [7, 11) is 0.261. The molecule has 0 bridgehead atoms. The fourth-order valence-corrected chi connectivity index (χ4v) is 3.89. The summed E-state index contributed by atoms with van der Waals surface area (Å²) >= 11 is 0. The Bertz CT molecular complexity index is 737. The maximum absolute atomic E-state index is 12.2. The summed E-state index contributed by atoms with van der Waals surface area (Å²) < 4.78 is 28.9. The van der Waals surface area contributed by atoms with E-state index in [9.17, 15) is 8.42 Å². The summed E-state index contributed by atoms with van der Waals surface area (Å²) in [5.74, 6) is 1.71. The molecule has 1 N–H and O–H groups in total. The molecule has 0 aromatic heterocycles. The first-order chi connectivity index (χ1) is 12.7. The molecule has 0 aliphatic carbocycles. The number of halogens is 1. The lowest BCUT2D eigenvalue weighted by Gasteiger charge is -2.37. The number of hydrogen-bond acceptors (Lipinski definition) is 5. The summed E-state index contributed by atoms with van der Waals surface area (Å²) in [4.78, 5) is 8.81.